The number of hydrogen-bond donors (Lipinski definition) is 1. The van der Waals surface area contributed by atoms with E-state index >= 15 is 0 Å². The molecule has 0 aliphatic heterocycles. The third kappa shape index (κ3) is 3.39. The van der Waals surface area contributed by atoms with Crippen LogP contribution in [0.3, 0.4) is 0 Å². The van der Waals surface area contributed by atoms with Crippen LogP contribution in [0, 0.1) is 5.92 Å². The molecule has 5 aromatic rings. The summed E-state index contributed by atoms with van der Waals surface area (Å²) in [6, 6.07) is 5.66. The number of imidazole rings is 1. The predicted octanol–water partition coefficient (Wildman–Crippen LogP) is 3.14. The summed E-state index contributed by atoms with van der Waals surface area (Å²) in [6.07, 6.45) is 5.41. The Labute approximate surface area is 193 Å². The van der Waals surface area contributed by atoms with Gasteiger partial charge in [0.15, 0.2) is 11.5 Å². The van der Waals surface area contributed by atoms with Crippen molar-refractivity contribution in [1.82, 2.24) is 33.4 Å². The second-order valence-electron chi connectivity index (χ2n) is 8.72. The third-order valence-electron chi connectivity index (χ3n) is 5.86. The van der Waals surface area contributed by atoms with Crippen LogP contribution in [0.5, 0.6) is 0 Å². The number of H-pyrrole nitrogens is 1. The van der Waals surface area contributed by atoms with Gasteiger partial charge < -0.3 is 9.55 Å². The van der Waals surface area contributed by atoms with Crippen LogP contribution in [0.4, 0.5) is 0 Å². The Morgan fingerprint density at radius 2 is 1.97 bits per heavy atom. The lowest BCUT2D eigenvalue weighted by molar-refractivity contribution is 0.498. The molecule has 0 bridgehead atoms. The molecule has 0 amide bonds. The highest BCUT2D eigenvalue weighted by atomic mass is 35.5. The number of hydrogen-bond acceptors (Lipinski definition) is 4. The first-order valence-corrected chi connectivity index (χ1v) is 11.1. The van der Waals surface area contributed by atoms with Gasteiger partial charge in [-0.15, -0.1) is 0 Å². The zero-order chi connectivity index (χ0) is 23.4. The molecule has 4 aromatic heterocycles. The van der Waals surface area contributed by atoms with E-state index in [4.69, 9.17) is 16.7 Å². The van der Waals surface area contributed by atoms with Crippen molar-refractivity contribution in [3.8, 4) is 11.5 Å². The van der Waals surface area contributed by atoms with Gasteiger partial charge in [-0.3, -0.25) is 18.6 Å². The first-order chi connectivity index (χ1) is 15.8. The number of nitrogens with zero attached hydrogens (tertiary/aromatic N) is 6. The van der Waals surface area contributed by atoms with Crippen molar-refractivity contribution in [2.45, 2.75) is 26.9 Å². The number of fused-ring (bicyclic) bond motifs is 2. The number of rotatable bonds is 5. The van der Waals surface area contributed by atoms with Crippen LogP contribution in [-0.4, -0.2) is 33.4 Å². The van der Waals surface area contributed by atoms with E-state index in [0.29, 0.717) is 40.7 Å². The van der Waals surface area contributed by atoms with Gasteiger partial charge in [0, 0.05) is 55.2 Å². The van der Waals surface area contributed by atoms with Crippen LogP contribution in [0.2, 0.25) is 5.02 Å². The van der Waals surface area contributed by atoms with Gasteiger partial charge >= 0.3 is 5.69 Å². The van der Waals surface area contributed by atoms with Crippen LogP contribution in [0.15, 0.2) is 46.4 Å². The van der Waals surface area contributed by atoms with Crippen LogP contribution in [0.1, 0.15) is 19.4 Å². The standard InChI is InChI=1S/C23H24ClN7O2/c1-13(2)11-30-20-18(22(32)29(4)23(30)33)19(21-25-7-8-28(21)3)31(27-20)12-14-10-26-17-6-5-15(24)9-16(14)17/h5-10,13,26H,11-12H2,1-4H3. The molecule has 0 atom stereocenters. The van der Waals surface area contributed by atoms with Gasteiger partial charge in [-0.05, 0) is 29.7 Å². The minimum absolute atomic E-state index is 0.195. The lowest BCUT2D eigenvalue weighted by atomic mass is 10.1. The second kappa shape index (κ2) is 7.77. The predicted molar refractivity (Wildman–Crippen MR) is 129 cm³/mol. The van der Waals surface area contributed by atoms with Crippen molar-refractivity contribution in [1.29, 1.82) is 0 Å². The summed E-state index contributed by atoms with van der Waals surface area (Å²) >= 11 is 6.24. The summed E-state index contributed by atoms with van der Waals surface area (Å²) in [4.78, 5) is 34.1. The van der Waals surface area contributed by atoms with Crippen molar-refractivity contribution in [3.05, 3.63) is 68.2 Å². The molecule has 0 unspecified atom stereocenters. The van der Waals surface area contributed by atoms with E-state index in [1.165, 1.54) is 7.05 Å². The van der Waals surface area contributed by atoms with E-state index in [9.17, 15) is 9.59 Å². The molecule has 0 radical (unpaired) electrons. The summed E-state index contributed by atoms with van der Waals surface area (Å²) in [6.45, 7) is 4.87. The lowest BCUT2D eigenvalue weighted by Crippen LogP contribution is -2.38. The zero-order valence-corrected chi connectivity index (χ0v) is 19.6. The molecule has 33 heavy (non-hydrogen) atoms. The van der Waals surface area contributed by atoms with E-state index in [1.807, 2.05) is 56.1 Å². The van der Waals surface area contributed by atoms with Gasteiger partial charge in [0.1, 0.15) is 11.1 Å². The molecule has 5 rings (SSSR count). The van der Waals surface area contributed by atoms with E-state index < -0.39 is 0 Å². The fourth-order valence-electron chi connectivity index (χ4n) is 4.27. The Morgan fingerprint density at radius 1 is 1.18 bits per heavy atom. The highest BCUT2D eigenvalue weighted by Gasteiger charge is 2.25. The molecule has 9 nitrogen and oxygen atoms in total. The number of nitrogens with one attached hydrogen (secondary N) is 1. The summed E-state index contributed by atoms with van der Waals surface area (Å²) < 4.78 is 6.33. The van der Waals surface area contributed by atoms with E-state index in [2.05, 4.69) is 9.97 Å². The number of benzene rings is 1. The number of aryl methyl sites for hydroxylation is 1. The van der Waals surface area contributed by atoms with Crippen LogP contribution in [-0.2, 0) is 27.2 Å². The highest BCUT2D eigenvalue weighted by molar-refractivity contribution is 6.31. The van der Waals surface area contributed by atoms with Crippen LogP contribution >= 0.6 is 11.6 Å². The second-order valence-corrected chi connectivity index (χ2v) is 9.16. The van der Waals surface area contributed by atoms with Crippen molar-refractivity contribution in [2.24, 2.45) is 20.0 Å². The molecule has 10 heteroatoms. The van der Waals surface area contributed by atoms with E-state index in [1.54, 1.807) is 15.4 Å². The maximum Gasteiger partial charge on any atom is 0.332 e. The molecule has 0 saturated heterocycles. The normalized spacial score (nSPS) is 11.9. The molecule has 0 fully saturated rings. The average molecular weight is 466 g/mol. The fourth-order valence-corrected chi connectivity index (χ4v) is 4.44. The fraction of sp³-hybridized carbons (Fsp3) is 0.304. The SMILES string of the molecule is CC(C)Cn1c(=O)n(C)c(=O)c2c(-c3nccn3C)n(Cc3c[nH]c4ccc(Cl)cc34)nc21. The van der Waals surface area contributed by atoms with Crippen LogP contribution < -0.4 is 11.2 Å². The van der Waals surface area contributed by atoms with Gasteiger partial charge in [-0.1, -0.05) is 25.4 Å². The maximum atomic E-state index is 13.3. The van der Waals surface area contributed by atoms with Crippen LogP contribution in [0.25, 0.3) is 33.5 Å². The molecule has 1 N–H and O–H groups in total. The van der Waals surface area contributed by atoms with Crippen molar-refractivity contribution >= 4 is 33.5 Å². The Bertz CT molecular complexity index is 1630. The lowest BCUT2D eigenvalue weighted by Gasteiger charge is -2.11. The maximum absolute atomic E-state index is 13.3. The molecule has 0 aliphatic rings. The summed E-state index contributed by atoms with van der Waals surface area (Å²) in [7, 11) is 3.37. The Kier molecular flexibility index (Phi) is 5.01. The van der Waals surface area contributed by atoms with Crippen molar-refractivity contribution in [2.75, 3.05) is 0 Å². The summed E-state index contributed by atoms with van der Waals surface area (Å²) in [5, 5.41) is 6.78. The molecule has 0 aliphatic carbocycles. The molecule has 0 saturated carbocycles. The minimum atomic E-state index is -0.388. The minimum Gasteiger partial charge on any atom is -0.361 e. The molecule has 170 valence electrons. The van der Waals surface area contributed by atoms with Gasteiger partial charge in [0.2, 0.25) is 0 Å². The molecule has 4 heterocycles. The quantitative estimate of drug-likeness (QED) is 0.431. The Balaban J connectivity index is 1.84. The third-order valence-corrected chi connectivity index (χ3v) is 6.09. The topological polar surface area (TPSA) is 95.4 Å². The van der Waals surface area contributed by atoms with Gasteiger partial charge in [-0.25, -0.2) is 9.78 Å². The molecular weight excluding hydrogens is 442 g/mol. The molecule has 1 aromatic carbocycles. The van der Waals surface area contributed by atoms with Gasteiger partial charge in [-0.2, -0.15) is 5.10 Å². The smallest absolute Gasteiger partial charge is 0.332 e. The average Bonchev–Trinajstić information content (AvgIpc) is 3.47. The number of aromatic nitrogens is 7. The Morgan fingerprint density at radius 3 is 2.67 bits per heavy atom. The van der Waals surface area contributed by atoms with E-state index in [-0.39, 0.29) is 17.2 Å². The largest absolute Gasteiger partial charge is 0.361 e. The molecular formula is C23H24ClN7O2. The monoisotopic (exact) mass is 465 g/mol. The van der Waals surface area contributed by atoms with Gasteiger partial charge in [0.25, 0.3) is 5.56 Å². The first kappa shape index (κ1) is 21.3. The van der Waals surface area contributed by atoms with E-state index in [0.717, 1.165) is 21.0 Å². The van der Waals surface area contributed by atoms with Gasteiger partial charge in [0.05, 0.1) is 6.54 Å². The first-order valence-electron chi connectivity index (χ1n) is 10.7. The highest BCUT2D eigenvalue weighted by Crippen LogP contribution is 2.28. The summed E-state index contributed by atoms with van der Waals surface area (Å²) in [5.41, 5.74) is 2.10. The van der Waals surface area contributed by atoms with Crippen molar-refractivity contribution in [3.63, 3.8) is 0 Å². The zero-order valence-electron chi connectivity index (χ0n) is 18.8. The summed E-state index contributed by atoms with van der Waals surface area (Å²) in [5.74, 6) is 0.795. The number of aromatic amines is 1. The number of halogens is 1. The molecule has 0 spiro atoms. The Hall–Kier alpha value is -3.59. The van der Waals surface area contributed by atoms with Crippen molar-refractivity contribution < 1.29 is 0 Å².